The molecule has 1 saturated heterocycles. The van der Waals surface area contributed by atoms with Gasteiger partial charge in [0.1, 0.15) is 11.6 Å². The normalized spacial score (nSPS) is 22.4. The van der Waals surface area contributed by atoms with Crippen LogP contribution >= 0.6 is 0 Å². The molecule has 1 spiro atoms. The zero-order chi connectivity index (χ0) is 19.9. The predicted molar refractivity (Wildman–Crippen MR) is 111 cm³/mol. The van der Waals surface area contributed by atoms with Crippen LogP contribution in [0.15, 0.2) is 29.1 Å². The molecular formula is C23H31N3O2. The molecule has 4 rings (SSSR count). The van der Waals surface area contributed by atoms with E-state index in [0.717, 1.165) is 68.1 Å². The third kappa shape index (κ3) is 3.48. The van der Waals surface area contributed by atoms with E-state index in [9.17, 15) is 4.79 Å². The van der Waals surface area contributed by atoms with Gasteiger partial charge in [-0.05, 0) is 49.9 Å². The van der Waals surface area contributed by atoms with Crippen LogP contribution in [0.4, 0.5) is 0 Å². The molecule has 1 aromatic carbocycles. The van der Waals surface area contributed by atoms with Gasteiger partial charge < -0.3 is 9.72 Å². The number of hydrogen-bond acceptors (Lipinski definition) is 4. The highest BCUT2D eigenvalue weighted by atomic mass is 16.5. The molecule has 0 radical (unpaired) electrons. The molecule has 2 aliphatic rings. The number of aromatic amines is 1. The summed E-state index contributed by atoms with van der Waals surface area (Å²) in [5.41, 5.74) is 3.17. The van der Waals surface area contributed by atoms with Gasteiger partial charge in [-0.3, -0.25) is 9.69 Å². The number of benzene rings is 1. The number of likely N-dealkylation sites (tertiary alicyclic amines) is 1. The smallest absolute Gasteiger partial charge is 0.254 e. The zero-order valence-electron chi connectivity index (χ0n) is 17.5. The molecule has 0 bridgehead atoms. The lowest BCUT2D eigenvalue weighted by molar-refractivity contribution is 0.136. The monoisotopic (exact) mass is 381 g/mol. The molecule has 0 amide bonds. The summed E-state index contributed by atoms with van der Waals surface area (Å²) >= 11 is 0. The van der Waals surface area contributed by atoms with Gasteiger partial charge in [-0.1, -0.05) is 32.9 Å². The summed E-state index contributed by atoms with van der Waals surface area (Å²) in [6, 6.07) is 8.31. The molecule has 28 heavy (non-hydrogen) atoms. The quantitative estimate of drug-likeness (QED) is 0.883. The largest absolute Gasteiger partial charge is 0.497 e. The second-order valence-corrected chi connectivity index (χ2v) is 9.44. The van der Waals surface area contributed by atoms with E-state index in [4.69, 9.17) is 9.72 Å². The van der Waals surface area contributed by atoms with Crippen molar-refractivity contribution in [3.63, 3.8) is 0 Å². The molecule has 2 heterocycles. The number of methoxy groups -OCH3 is 1. The summed E-state index contributed by atoms with van der Waals surface area (Å²) in [6.45, 7) is 9.28. The summed E-state index contributed by atoms with van der Waals surface area (Å²) in [6.07, 6.45) is 4.13. The van der Waals surface area contributed by atoms with Crippen LogP contribution in [0, 0.1) is 0 Å². The lowest BCUT2D eigenvalue weighted by atomic mass is 9.77. The minimum Gasteiger partial charge on any atom is -0.497 e. The number of piperidine rings is 1. The molecule has 1 N–H and O–H groups in total. The van der Waals surface area contributed by atoms with E-state index in [1.807, 2.05) is 6.07 Å². The average Bonchev–Trinajstić information content (AvgIpc) is 3.00. The molecule has 5 nitrogen and oxygen atoms in total. The Morgan fingerprint density at radius 1 is 1.29 bits per heavy atom. The number of hydrogen-bond donors (Lipinski definition) is 1. The Morgan fingerprint density at radius 2 is 2.11 bits per heavy atom. The minimum absolute atomic E-state index is 0.0146. The van der Waals surface area contributed by atoms with Crippen LogP contribution in [0.2, 0.25) is 0 Å². The maximum absolute atomic E-state index is 12.7. The molecule has 1 aromatic heterocycles. The van der Waals surface area contributed by atoms with E-state index < -0.39 is 0 Å². The highest BCUT2D eigenvalue weighted by Crippen LogP contribution is 2.43. The van der Waals surface area contributed by atoms with Crippen molar-refractivity contribution in [1.82, 2.24) is 14.9 Å². The third-order valence-electron chi connectivity index (χ3n) is 6.28. The Kier molecular flexibility index (Phi) is 4.82. The Balaban J connectivity index is 1.63. The minimum atomic E-state index is -0.160. The molecule has 1 aliphatic carbocycles. The Morgan fingerprint density at radius 3 is 2.86 bits per heavy atom. The van der Waals surface area contributed by atoms with Gasteiger partial charge in [0.2, 0.25) is 0 Å². The number of rotatable bonds is 3. The molecule has 2 aromatic rings. The lowest BCUT2D eigenvalue weighted by Crippen LogP contribution is -2.45. The highest BCUT2D eigenvalue weighted by Gasteiger charge is 2.45. The van der Waals surface area contributed by atoms with Crippen LogP contribution in [-0.2, 0) is 23.8 Å². The molecule has 1 atom stereocenters. The van der Waals surface area contributed by atoms with Gasteiger partial charge in [0.05, 0.1) is 12.8 Å². The van der Waals surface area contributed by atoms with Crippen molar-refractivity contribution in [2.24, 2.45) is 0 Å². The fraction of sp³-hybridized carbons (Fsp3) is 0.565. The van der Waals surface area contributed by atoms with Gasteiger partial charge in [-0.25, -0.2) is 4.98 Å². The van der Waals surface area contributed by atoms with Crippen LogP contribution in [-0.4, -0.2) is 35.1 Å². The summed E-state index contributed by atoms with van der Waals surface area (Å²) in [5.74, 6) is 1.71. The maximum Gasteiger partial charge on any atom is 0.254 e. The fourth-order valence-electron chi connectivity index (χ4n) is 4.79. The number of ether oxygens (including phenoxy) is 1. The topological polar surface area (TPSA) is 58.2 Å². The molecule has 150 valence electrons. The van der Waals surface area contributed by atoms with Crippen LogP contribution in [0.1, 0.15) is 62.7 Å². The number of H-pyrrole nitrogens is 1. The van der Waals surface area contributed by atoms with Gasteiger partial charge in [0, 0.05) is 29.5 Å². The van der Waals surface area contributed by atoms with E-state index in [1.165, 1.54) is 5.56 Å². The van der Waals surface area contributed by atoms with Gasteiger partial charge in [0.25, 0.3) is 5.56 Å². The molecule has 1 fully saturated rings. The van der Waals surface area contributed by atoms with E-state index in [-0.39, 0.29) is 16.4 Å². The number of aromatic nitrogens is 2. The Hall–Kier alpha value is -2.14. The van der Waals surface area contributed by atoms with Crippen molar-refractivity contribution in [1.29, 1.82) is 0 Å². The fourth-order valence-corrected chi connectivity index (χ4v) is 4.79. The number of nitrogens with zero attached hydrogens (tertiary/aromatic N) is 2. The SMILES string of the molecule is COc1cccc(CN2CCCC3(CCc4c3nc(C(C)(C)C)[nH]c4=O)C2)c1. The van der Waals surface area contributed by atoms with Crippen LogP contribution in [0.25, 0.3) is 0 Å². The van der Waals surface area contributed by atoms with Crippen LogP contribution in [0.5, 0.6) is 5.75 Å². The summed E-state index contributed by atoms with van der Waals surface area (Å²) in [7, 11) is 1.71. The number of fused-ring (bicyclic) bond motifs is 2. The molecule has 1 unspecified atom stereocenters. The second kappa shape index (κ2) is 7.03. The van der Waals surface area contributed by atoms with Crippen molar-refractivity contribution < 1.29 is 4.74 Å². The Bertz CT molecular complexity index is 928. The molecule has 0 saturated carbocycles. The first kappa shape index (κ1) is 19.2. The molecule has 1 aliphatic heterocycles. The highest BCUT2D eigenvalue weighted by molar-refractivity contribution is 5.35. The van der Waals surface area contributed by atoms with Crippen molar-refractivity contribution in [3.8, 4) is 5.75 Å². The molecular weight excluding hydrogens is 350 g/mol. The van der Waals surface area contributed by atoms with Crippen LogP contribution < -0.4 is 10.3 Å². The van der Waals surface area contributed by atoms with Gasteiger partial charge in [-0.2, -0.15) is 0 Å². The van der Waals surface area contributed by atoms with Crippen molar-refractivity contribution in [2.45, 2.75) is 63.8 Å². The predicted octanol–water partition coefficient (Wildman–Crippen LogP) is 3.56. The van der Waals surface area contributed by atoms with Crippen molar-refractivity contribution >= 4 is 0 Å². The van der Waals surface area contributed by atoms with E-state index in [0.29, 0.717) is 0 Å². The van der Waals surface area contributed by atoms with Crippen molar-refractivity contribution in [2.75, 3.05) is 20.2 Å². The van der Waals surface area contributed by atoms with Crippen LogP contribution in [0.3, 0.4) is 0 Å². The molecule has 5 heteroatoms. The van der Waals surface area contributed by atoms with Gasteiger partial charge in [0.15, 0.2) is 0 Å². The first-order valence-electron chi connectivity index (χ1n) is 10.3. The van der Waals surface area contributed by atoms with E-state index in [1.54, 1.807) is 7.11 Å². The van der Waals surface area contributed by atoms with Gasteiger partial charge >= 0.3 is 0 Å². The summed E-state index contributed by atoms with van der Waals surface area (Å²) in [5, 5.41) is 0. The van der Waals surface area contributed by atoms with E-state index >= 15 is 0 Å². The Labute approximate surface area is 167 Å². The second-order valence-electron chi connectivity index (χ2n) is 9.44. The van der Waals surface area contributed by atoms with Crippen molar-refractivity contribution in [3.05, 3.63) is 57.3 Å². The standard InChI is InChI=1S/C23H31N3O2/c1-22(2,3)21-24-19-18(20(27)25-21)9-11-23(19)10-6-12-26(15-23)14-16-7-5-8-17(13-16)28-4/h5,7-8,13H,6,9-12,14-15H2,1-4H3,(H,24,25,27). The summed E-state index contributed by atoms with van der Waals surface area (Å²) in [4.78, 5) is 23.3. The number of nitrogens with one attached hydrogen (secondary N) is 1. The third-order valence-corrected chi connectivity index (χ3v) is 6.28. The summed E-state index contributed by atoms with van der Waals surface area (Å²) < 4.78 is 5.38. The first-order chi connectivity index (χ1) is 13.3. The maximum atomic E-state index is 12.7. The first-order valence-corrected chi connectivity index (χ1v) is 10.3. The lowest BCUT2D eigenvalue weighted by Gasteiger charge is -2.41. The zero-order valence-corrected chi connectivity index (χ0v) is 17.5. The van der Waals surface area contributed by atoms with Gasteiger partial charge in [-0.15, -0.1) is 0 Å². The average molecular weight is 382 g/mol. The van der Waals surface area contributed by atoms with E-state index in [2.05, 4.69) is 48.9 Å².